The van der Waals surface area contributed by atoms with Crippen LogP contribution in [0.5, 0.6) is 0 Å². The summed E-state index contributed by atoms with van der Waals surface area (Å²) in [5.41, 5.74) is 0.815. The number of nitrogens with one attached hydrogen (secondary N) is 1. The maximum atomic E-state index is 12.3. The van der Waals surface area contributed by atoms with Crippen molar-refractivity contribution in [1.82, 2.24) is 5.32 Å². The van der Waals surface area contributed by atoms with E-state index < -0.39 is 30.4 Å². The summed E-state index contributed by atoms with van der Waals surface area (Å²) < 4.78 is 18.3. The summed E-state index contributed by atoms with van der Waals surface area (Å²) in [6.07, 6.45) is 1.07. The fraction of sp³-hybridized carbons (Fsp3) is 0.333. The molecule has 2 aromatic rings. The number of hydrogen-bond donors (Lipinski definition) is 2. The highest BCUT2D eigenvalue weighted by Gasteiger charge is 2.52. The molecule has 174 valence electrons. The van der Waals surface area contributed by atoms with Gasteiger partial charge in [0, 0.05) is 11.0 Å². The zero-order chi connectivity index (χ0) is 24.2. The summed E-state index contributed by atoms with van der Waals surface area (Å²) in [6.45, 7) is 7.89. The average molecular weight is 516 g/mol. The number of halogens is 1. The molecular weight excluding hydrogens is 489 g/mol. The molecule has 3 rings (SSSR count). The zero-order valence-electron chi connectivity index (χ0n) is 19.1. The van der Waals surface area contributed by atoms with Crippen molar-refractivity contribution < 1.29 is 28.7 Å². The predicted octanol–water partition coefficient (Wildman–Crippen LogP) is 5.09. The van der Waals surface area contributed by atoms with Gasteiger partial charge in [-0.15, -0.1) is 0 Å². The van der Waals surface area contributed by atoms with Crippen molar-refractivity contribution >= 4 is 41.2 Å². The van der Waals surface area contributed by atoms with E-state index in [0.29, 0.717) is 11.0 Å². The van der Waals surface area contributed by atoms with E-state index in [1.807, 2.05) is 58.0 Å². The van der Waals surface area contributed by atoms with Crippen molar-refractivity contribution in [2.24, 2.45) is 0 Å². The Balaban J connectivity index is 1.82. The fourth-order valence-corrected chi connectivity index (χ4v) is 3.57. The number of ether oxygens (including phenoxy) is 1. The number of aromatic carboxylic acids is 1. The first-order valence-corrected chi connectivity index (χ1v) is 11.3. The van der Waals surface area contributed by atoms with Crippen molar-refractivity contribution in [3.8, 4) is 0 Å². The van der Waals surface area contributed by atoms with Crippen molar-refractivity contribution in [1.29, 1.82) is 0 Å². The standard InChI is InChI=1S/C24H27BBrNO6/c1-23(2)24(3,4)33-25(32-23)18(12-17-13-19(26)10-11-20(17)21(28)29)14-27-22(30)31-15-16-8-6-5-7-9-16/h5-13H,14-15H2,1-4H3,(H,27,30)(H,28,29). The molecule has 0 aromatic heterocycles. The number of carbonyl (C=O) groups excluding carboxylic acids is 1. The molecule has 1 amide bonds. The van der Waals surface area contributed by atoms with Crippen LogP contribution < -0.4 is 5.32 Å². The van der Waals surface area contributed by atoms with Crippen LogP contribution in [0.25, 0.3) is 6.08 Å². The maximum Gasteiger partial charge on any atom is 0.492 e. The summed E-state index contributed by atoms with van der Waals surface area (Å²) in [5.74, 6) is -1.06. The Bertz CT molecular complexity index is 1040. The summed E-state index contributed by atoms with van der Waals surface area (Å²) in [5, 5.41) is 12.3. The Hall–Kier alpha value is -2.62. The largest absolute Gasteiger partial charge is 0.492 e. The minimum absolute atomic E-state index is 0.0516. The zero-order valence-corrected chi connectivity index (χ0v) is 20.6. The molecule has 1 aliphatic heterocycles. The highest BCUT2D eigenvalue weighted by molar-refractivity contribution is 9.10. The first-order valence-electron chi connectivity index (χ1n) is 10.5. The van der Waals surface area contributed by atoms with Crippen molar-refractivity contribution in [2.75, 3.05) is 6.54 Å². The van der Waals surface area contributed by atoms with Gasteiger partial charge in [-0.05, 0) is 62.5 Å². The van der Waals surface area contributed by atoms with Crippen molar-refractivity contribution in [3.05, 3.63) is 75.2 Å². The van der Waals surface area contributed by atoms with Gasteiger partial charge in [0.2, 0.25) is 0 Å². The van der Waals surface area contributed by atoms with Gasteiger partial charge in [-0.1, -0.05) is 52.3 Å². The van der Waals surface area contributed by atoms with E-state index in [0.717, 1.165) is 10.0 Å². The summed E-state index contributed by atoms with van der Waals surface area (Å²) in [4.78, 5) is 24.1. The number of carbonyl (C=O) groups is 2. The van der Waals surface area contributed by atoms with Crippen LogP contribution in [0.1, 0.15) is 49.2 Å². The highest BCUT2D eigenvalue weighted by Crippen LogP contribution is 2.39. The van der Waals surface area contributed by atoms with Gasteiger partial charge in [0.15, 0.2) is 0 Å². The lowest BCUT2D eigenvalue weighted by atomic mass is 9.76. The van der Waals surface area contributed by atoms with Gasteiger partial charge >= 0.3 is 19.2 Å². The van der Waals surface area contributed by atoms with Crippen molar-refractivity contribution in [2.45, 2.75) is 45.5 Å². The molecule has 0 unspecified atom stereocenters. The molecule has 33 heavy (non-hydrogen) atoms. The Labute approximate surface area is 202 Å². The number of amides is 1. The second kappa shape index (κ2) is 10.1. The van der Waals surface area contributed by atoms with E-state index in [1.54, 1.807) is 18.2 Å². The minimum Gasteiger partial charge on any atom is -0.478 e. The fourth-order valence-electron chi connectivity index (χ4n) is 3.19. The Morgan fingerprint density at radius 3 is 2.33 bits per heavy atom. The SMILES string of the molecule is CC1(C)OB(C(=Cc2cc(Br)ccc2C(=O)O)CNC(=O)OCc2ccccc2)OC1(C)C. The number of carboxylic acids is 1. The van der Waals surface area contributed by atoms with Crippen LogP contribution in [0.2, 0.25) is 0 Å². The quantitative estimate of drug-likeness (QED) is 0.499. The van der Waals surface area contributed by atoms with Crippen LogP contribution in [-0.2, 0) is 20.7 Å². The second-order valence-electron chi connectivity index (χ2n) is 8.76. The van der Waals surface area contributed by atoms with E-state index >= 15 is 0 Å². The molecule has 1 heterocycles. The normalized spacial score (nSPS) is 17.0. The van der Waals surface area contributed by atoms with Gasteiger partial charge in [0.1, 0.15) is 6.61 Å². The molecule has 0 radical (unpaired) electrons. The van der Waals surface area contributed by atoms with Gasteiger partial charge in [0.05, 0.1) is 16.8 Å². The van der Waals surface area contributed by atoms with Gasteiger partial charge in [-0.25, -0.2) is 9.59 Å². The molecule has 7 nitrogen and oxygen atoms in total. The summed E-state index contributed by atoms with van der Waals surface area (Å²) in [6, 6.07) is 14.2. The molecular formula is C24H27BBrNO6. The van der Waals surface area contributed by atoms with Gasteiger partial charge in [-0.3, -0.25) is 0 Å². The first kappa shape index (κ1) is 25.0. The lowest BCUT2D eigenvalue weighted by Gasteiger charge is -2.32. The molecule has 1 aliphatic rings. The number of benzene rings is 2. The molecule has 2 N–H and O–H groups in total. The van der Waals surface area contributed by atoms with Crippen LogP contribution in [-0.4, -0.2) is 42.0 Å². The molecule has 1 saturated heterocycles. The molecule has 0 aliphatic carbocycles. The van der Waals surface area contributed by atoms with E-state index in [2.05, 4.69) is 21.2 Å². The van der Waals surface area contributed by atoms with Crippen LogP contribution in [0.3, 0.4) is 0 Å². The summed E-state index contributed by atoms with van der Waals surface area (Å²) in [7, 11) is -0.773. The van der Waals surface area contributed by atoms with E-state index in [1.165, 1.54) is 6.07 Å². The van der Waals surface area contributed by atoms with E-state index in [-0.39, 0.29) is 18.7 Å². The van der Waals surface area contributed by atoms with Crippen LogP contribution in [0.15, 0.2) is 58.5 Å². The molecule has 0 saturated carbocycles. The van der Waals surface area contributed by atoms with Gasteiger partial charge < -0.3 is 24.5 Å². The maximum absolute atomic E-state index is 12.3. The van der Waals surface area contributed by atoms with Crippen LogP contribution >= 0.6 is 15.9 Å². The lowest BCUT2D eigenvalue weighted by Crippen LogP contribution is -2.41. The van der Waals surface area contributed by atoms with Gasteiger partial charge in [0.25, 0.3) is 0 Å². The topological polar surface area (TPSA) is 94.1 Å². The molecule has 2 aromatic carbocycles. The average Bonchev–Trinajstić information content (AvgIpc) is 2.97. The molecule has 0 spiro atoms. The second-order valence-corrected chi connectivity index (χ2v) is 9.68. The number of hydrogen-bond acceptors (Lipinski definition) is 5. The van der Waals surface area contributed by atoms with Crippen molar-refractivity contribution in [3.63, 3.8) is 0 Å². The Morgan fingerprint density at radius 2 is 1.73 bits per heavy atom. The molecule has 9 heteroatoms. The minimum atomic E-state index is -1.06. The summed E-state index contributed by atoms with van der Waals surface area (Å²) >= 11 is 3.39. The number of rotatable bonds is 7. The third kappa shape index (κ3) is 6.25. The Morgan fingerprint density at radius 1 is 1.09 bits per heavy atom. The monoisotopic (exact) mass is 515 g/mol. The van der Waals surface area contributed by atoms with Gasteiger partial charge in [-0.2, -0.15) is 0 Å². The highest BCUT2D eigenvalue weighted by atomic mass is 79.9. The Kier molecular flexibility index (Phi) is 7.67. The molecule has 0 bridgehead atoms. The van der Waals surface area contributed by atoms with E-state index in [9.17, 15) is 14.7 Å². The molecule has 1 fully saturated rings. The first-order chi connectivity index (χ1) is 15.5. The van der Waals surface area contributed by atoms with E-state index in [4.69, 9.17) is 14.0 Å². The third-order valence-electron chi connectivity index (χ3n) is 5.79. The number of alkyl carbamates (subject to hydrolysis) is 1. The lowest BCUT2D eigenvalue weighted by molar-refractivity contribution is 0.00578. The van der Waals surface area contributed by atoms with Crippen LogP contribution in [0.4, 0.5) is 4.79 Å². The smallest absolute Gasteiger partial charge is 0.478 e. The number of carboxylic acid groups (broad SMARTS) is 1. The predicted molar refractivity (Wildman–Crippen MR) is 130 cm³/mol. The van der Waals surface area contributed by atoms with Crippen LogP contribution in [0, 0.1) is 0 Å². The third-order valence-corrected chi connectivity index (χ3v) is 6.28. The molecule has 0 atom stereocenters.